The van der Waals surface area contributed by atoms with Gasteiger partial charge in [-0.25, -0.2) is 4.98 Å². The molecule has 1 N–H and O–H groups in total. The maximum absolute atomic E-state index is 5.77. The molecule has 1 saturated heterocycles. The molecule has 1 aromatic heterocycles. The van der Waals surface area contributed by atoms with Crippen LogP contribution in [0, 0.1) is 4.64 Å². The van der Waals surface area contributed by atoms with Crippen LogP contribution in [-0.4, -0.2) is 48.2 Å². The van der Waals surface area contributed by atoms with E-state index in [2.05, 4.69) is 21.9 Å². The highest BCUT2D eigenvalue weighted by molar-refractivity contribution is 7.71. The van der Waals surface area contributed by atoms with E-state index >= 15 is 0 Å². The number of morpholine rings is 1. The Balaban J connectivity index is 1.93. The second-order valence-corrected chi connectivity index (χ2v) is 5.20. The summed E-state index contributed by atoms with van der Waals surface area (Å²) in [6.45, 7) is 3.88. The van der Waals surface area contributed by atoms with Crippen molar-refractivity contribution in [3.05, 3.63) is 21.7 Å². The van der Waals surface area contributed by atoms with Crippen molar-refractivity contribution in [2.45, 2.75) is 19.1 Å². The first-order valence-corrected chi connectivity index (χ1v) is 6.65. The van der Waals surface area contributed by atoms with Crippen molar-refractivity contribution in [1.29, 1.82) is 0 Å². The van der Waals surface area contributed by atoms with E-state index in [0.29, 0.717) is 11.2 Å². The molecule has 0 saturated carbocycles. The molecule has 0 aliphatic carbocycles. The Kier molecular flexibility index (Phi) is 3.43. The maximum atomic E-state index is 5.77. The molecule has 3 rings (SSSR count). The summed E-state index contributed by atoms with van der Waals surface area (Å²) >= 11 is 5.34. The number of rotatable bonds is 1. The van der Waals surface area contributed by atoms with E-state index in [1.54, 1.807) is 0 Å². The standard InChI is InChI=1S/C12H17N3O2S/c1-15-3-5-17-10(6-15)11-13-9-2-4-16-7-8(9)12(18)14-11/h10H,2-7H2,1H3,(H,13,14,18). The molecule has 6 heteroatoms. The van der Waals surface area contributed by atoms with E-state index in [9.17, 15) is 0 Å². The van der Waals surface area contributed by atoms with Gasteiger partial charge in [-0.3, -0.25) is 0 Å². The number of fused-ring (bicyclic) bond motifs is 1. The van der Waals surface area contributed by atoms with Crippen molar-refractivity contribution in [3.8, 4) is 0 Å². The van der Waals surface area contributed by atoms with Gasteiger partial charge in [0.05, 0.1) is 19.8 Å². The Morgan fingerprint density at radius 2 is 2.33 bits per heavy atom. The van der Waals surface area contributed by atoms with Gasteiger partial charge >= 0.3 is 0 Å². The minimum absolute atomic E-state index is 0.00130. The monoisotopic (exact) mass is 267 g/mol. The molecule has 2 aliphatic rings. The summed E-state index contributed by atoms with van der Waals surface area (Å²) < 4.78 is 11.8. The van der Waals surface area contributed by atoms with Crippen molar-refractivity contribution in [2.75, 3.05) is 33.4 Å². The maximum Gasteiger partial charge on any atom is 0.138 e. The number of H-pyrrole nitrogens is 1. The van der Waals surface area contributed by atoms with Gasteiger partial charge in [-0.15, -0.1) is 0 Å². The van der Waals surface area contributed by atoms with Crippen LogP contribution in [0.15, 0.2) is 0 Å². The Hall–Kier alpha value is -0.820. The molecule has 2 aliphatic heterocycles. The van der Waals surface area contributed by atoms with Crippen molar-refractivity contribution in [3.63, 3.8) is 0 Å². The van der Waals surface area contributed by atoms with Crippen LogP contribution in [0.4, 0.5) is 0 Å². The molecule has 0 amide bonds. The van der Waals surface area contributed by atoms with Gasteiger partial charge < -0.3 is 19.4 Å². The first-order chi connectivity index (χ1) is 8.74. The number of ether oxygens (including phenoxy) is 2. The van der Waals surface area contributed by atoms with Gasteiger partial charge in [0.15, 0.2) is 0 Å². The molecule has 98 valence electrons. The predicted octanol–water partition coefficient (Wildman–Crippen LogP) is 1.21. The summed E-state index contributed by atoms with van der Waals surface area (Å²) in [7, 11) is 2.09. The lowest BCUT2D eigenvalue weighted by Gasteiger charge is -2.30. The summed E-state index contributed by atoms with van der Waals surface area (Å²) in [5, 5.41) is 0. The first kappa shape index (κ1) is 12.2. The predicted molar refractivity (Wildman–Crippen MR) is 69.0 cm³/mol. The van der Waals surface area contributed by atoms with Crippen LogP contribution in [0.2, 0.25) is 0 Å². The van der Waals surface area contributed by atoms with Crippen molar-refractivity contribution >= 4 is 12.2 Å². The van der Waals surface area contributed by atoms with Crippen molar-refractivity contribution in [2.24, 2.45) is 0 Å². The summed E-state index contributed by atoms with van der Waals surface area (Å²) in [6.07, 6.45) is 0.871. The van der Waals surface area contributed by atoms with Gasteiger partial charge in [-0.05, 0) is 7.05 Å². The van der Waals surface area contributed by atoms with Crippen LogP contribution in [-0.2, 0) is 22.5 Å². The first-order valence-electron chi connectivity index (χ1n) is 6.24. The molecule has 3 heterocycles. The molecular formula is C12H17N3O2S. The Labute approximate surface area is 111 Å². The molecule has 1 atom stereocenters. The number of nitrogens with one attached hydrogen (secondary N) is 1. The number of aromatic amines is 1. The van der Waals surface area contributed by atoms with Crippen LogP contribution in [0.25, 0.3) is 0 Å². The smallest absolute Gasteiger partial charge is 0.138 e. The van der Waals surface area contributed by atoms with Crippen LogP contribution in [0.1, 0.15) is 23.2 Å². The number of hydrogen-bond acceptors (Lipinski definition) is 5. The lowest BCUT2D eigenvalue weighted by Crippen LogP contribution is -2.36. The number of nitrogens with zero attached hydrogens (tertiary/aromatic N) is 2. The fraction of sp³-hybridized carbons (Fsp3) is 0.667. The second kappa shape index (κ2) is 5.05. The van der Waals surface area contributed by atoms with E-state index in [4.69, 9.17) is 21.7 Å². The molecule has 0 radical (unpaired) electrons. The van der Waals surface area contributed by atoms with Crippen LogP contribution < -0.4 is 0 Å². The Bertz CT molecular complexity index is 503. The molecule has 0 bridgehead atoms. The molecule has 1 unspecified atom stereocenters. The molecule has 1 aromatic rings. The third-order valence-corrected chi connectivity index (χ3v) is 3.78. The van der Waals surface area contributed by atoms with Crippen LogP contribution in [0.3, 0.4) is 0 Å². The van der Waals surface area contributed by atoms with Crippen LogP contribution in [0.5, 0.6) is 0 Å². The quantitative estimate of drug-likeness (QED) is 0.775. The van der Waals surface area contributed by atoms with Gasteiger partial charge in [-0.1, -0.05) is 12.2 Å². The molecule has 5 nitrogen and oxygen atoms in total. The minimum atomic E-state index is -0.00130. The molecule has 18 heavy (non-hydrogen) atoms. The lowest BCUT2D eigenvalue weighted by atomic mass is 10.1. The van der Waals surface area contributed by atoms with Crippen molar-refractivity contribution in [1.82, 2.24) is 14.9 Å². The lowest BCUT2D eigenvalue weighted by molar-refractivity contribution is -0.0258. The largest absolute Gasteiger partial charge is 0.376 e. The van der Waals surface area contributed by atoms with Crippen LogP contribution >= 0.6 is 12.2 Å². The zero-order valence-corrected chi connectivity index (χ0v) is 11.3. The van der Waals surface area contributed by atoms with E-state index in [-0.39, 0.29) is 6.10 Å². The highest BCUT2D eigenvalue weighted by atomic mass is 32.1. The molecule has 0 aromatic carbocycles. The highest BCUT2D eigenvalue weighted by Gasteiger charge is 2.23. The SMILES string of the molecule is CN1CCOC(c2nc(=S)c3c([nH]2)CCOC3)C1. The van der Waals surface area contributed by atoms with Gasteiger partial charge in [0.1, 0.15) is 16.6 Å². The molecule has 1 fully saturated rings. The zero-order chi connectivity index (χ0) is 12.5. The molecular weight excluding hydrogens is 250 g/mol. The van der Waals surface area contributed by atoms with Gasteiger partial charge in [0.2, 0.25) is 0 Å². The highest BCUT2D eigenvalue weighted by Crippen LogP contribution is 2.22. The Morgan fingerprint density at radius 3 is 3.17 bits per heavy atom. The zero-order valence-electron chi connectivity index (χ0n) is 10.4. The Morgan fingerprint density at radius 1 is 1.44 bits per heavy atom. The van der Waals surface area contributed by atoms with E-state index in [1.165, 1.54) is 0 Å². The van der Waals surface area contributed by atoms with E-state index < -0.39 is 0 Å². The summed E-state index contributed by atoms with van der Waals surface area (Å²) in [4.78, 5) is 10.1. The van der Waals surface area contributed by atoms with Gasteiger partial charge in [-0.2, -0.15) is 0 Å². The third-order valence-electron chi connectivity index (χ3n) is 3.44. The van der Waals surface area contributed by atoms with E-state index in [1.807, 2.05) is 0 Å². The average molecular weight is 267 g/mol. The average Bonchev–Trinajstić information content (AvgIpc) is 2.39. The van der Waals surface area contributed by atoms with Crippen molar-refractivity contribution < 1.29 is 9.47 Å². The summed E-state index contributed by atoms with van der Waals surface area (Å²) in [5.41, 5.74) is 2.19. The summed E-state index contributed by atoms with van der Waals surface area (Å²) in [6, 6.07) is 0. The van der Waals surface area contributed by atoms with Gasteiger partial charge in [0, 0.05) is 30.8 Å². The minimum Gasteiger partial charge on any atom is -0.376 e. The van der Waals surface area contributed by atoms with E-state index in [0.717, 1.165) is 49.8 Å². The number of aromatic nitrogens is 2. The number of hydrogen-bond donors (Lipinski definition) is 1. The second-order valence-electron chi connectivity index (χ2n) is 4.81. The summed E-state index contributed by atoms with van der Waals surface area (Å²) in [5.74, 6) is 0.854. The topological polar surface area (TPSA) is 50.4 Å². The molecule has 0 spiro atoms. The third kappa shape index (κ3) is 2.33. The number of likely N-dealkylation sites (N-methyl/N-ethyl adjacent to an activating group) is 1. The normalized spacial score (nSPS) is 24.8. The fourth-order valence-electron chi connectivity index (χ4n) is 2.37. The fourth-order valence-corrected chi connectivity index (χ4v) is 2.65. The van der Waals surface area contributed by atoms with Gasteiger partial charge in [0.25, 0.3) is 0 Å².